The molecule has 4 rings (SSSR count). The molecule has 2 aromatic rings. The van der Waals surface area contributed by atoms with Gasteiger partial charge in [-0.3, -0.25) is 4.79 Å². The number of amides is 3. The van der Waals surface area contributed by atoms with Gasteiger partial charge in [0.05, 0.1) is 17.1 Å². The van der Waals surface area contributed by atoms with E-state index in [1.165, 1.54) is 0 Å². The van der Waals surface area contributed by atoms with E-state index in [0.717, 1.165) is 48.7 Å². The molecular formula is C22H29N5O2. The molecule has 0 unspecified atom stereocenters. The lowest BCUT2D eigenvalue weighted by Crippen LogP contribution is -2.47. The number of urea groups is 1. The predicted octanol–water partition coefficient (Wildman–Crippen LogP) is 3.36. The van der Waals surface area contributed by atoms with Crippen LogP contribution in [-0.4, -0.2) is 57.7 Å². The first-order valence-corrected chi connectivity index (χ1v) is 10.5. The number of likely N-dealkylation sites (tertiary alicyclic amines) is 2. The van der Waals surface area contributed by atoms with Gasteiger partial charge in [-0.15, -0.1) is 0 Å². The van der Waals surface area contributed by atoms with Gasteiger partial charge in [0, 0.05) is 37.8 Å². The molecule has 3 heterocycles. The van der Waals surface area contributed by atoms with Crippen LogP contribution in [0.1, 0.15) is 37.1 Å². The summed E-state index contributed by atoms with van der Waals surface area (Å²) in [5.41, 5.74) is 3.60. The van der Waals surface area contributed by atoms with Crippen LogP contribution in [0.5, 0.6) is 0 Å². The summed E-state index contributed by atoms with van der Waals surface area (Å²) in [6.07, 6.45) is 3.60. The Labute approximate surface area is 171 Å². The maximum atomic E-state index is 12.9. The van der Waals surface area contributed by atoms with Crippen LogP contribution in [0, 0.1) is 19.8 Å². The van der Waals surface area contributed by atoms with E-state index in [1.54, 1.807) is 0 Å². The van der Waals surface area contributed by atoms with Gasteiger partial charge < -0.3 is 15.1 Å². The zero-order chi connectivity index (χ0) is 20.4. The maximum Gasteiger partial charge on any atom is 0.319 e. The van der Waals surface area contributed by atoms with Crippen molar-refractivity contribution >= 4 is 17.6 Å². The van der Waals surface area contributed by atoms with Crippen LogP contribution < -0.4 is 5.32 Å². The van der Waals surface area contributed by atoms with E-state index in [9.17, 15) is 9.59 Å². The molecule has 2 aliphatic rings. The zero-order valence-electron chi connectivity index (χ0n) is 17.2. The Hall–Kier alpha value is -2.83. The third kappa shape index (κ3) is 4.13. The molecule has 0 bridgehead atoms. The van der Waals surface area contributed by atoms with Crippen LogP contribution in [0.3, 0.4) is 0 Å². The quantitative estimate of drug-likeness (QED) is 0.866. The molecule has 0 saturated carbocycles. The monoisotopic (exact) mass is 395 g/mol. The minimum absolute atomic E-state index is 0.0206. The van der Waals surface area contributed by atoms with Crippen molar-refractivity contribution < 1.29 is 9.59 Å². The third-order valence-electron chi connectivity index (χ3n) is 5.91. The van der Waals surface area contributed by atoms with E-state index >= 15 is 0 Å². The summed E-state index contributed by atoms with van der Waals surface area (Å²) in [6, 6.07) is 9.90. The summed E-state index contributed by atoms with van der Waals surface area (Å²) < 4.78 is 1.86. The van der Waals surface area contributed by atoms with Crippen molar-refractivity contribution in [1.29, 1.82) is 0 Å². The fourth-order valence-electron chi connectivity index (χ4n) is 4.31. The number of benzene rings is 1. The number of nitrogens with one attached hydrogen (secondary N) is 1. The first-order chi connectivity index (χ1) is 14.0. The molecule has 0 aliphatic carbocycles. The molecule has 0 spiro atoms. The molecule has 7 nitrogen and oxygen atoms in total. The second kappa shape index (κ2) is 8.27. The summed E-state index contributed by atoms with van der Waals surface area (Å²) in [4.78, 5) is 29.3. The molecule has 1 aromatic heterocycles. The highest BCUT2D eigenvalue weighted by molar-refractivity contribution is 5.94. The summed E-state index contributed by atoms with van der Waals surface area (Å²) in [7, 11) is 0. The van der Waals surface area contributed by atoms with Crippen LogP contribution in [-0.2, 0) is 4.79 Å². The molecule has 154 valence electrons. The number of rotatable bonds is 3. The highest BCUT2D eigenvalue weighted by Crippen LogP contribution is 2.25. The number of piperidine rings is 1. The van der Waals surface area contributed by atoms with E-state index in [4.69, 9.17) is 0 Å². The Morgan fingerprint density at radius 3 is 2.31 bits per heavy atom. The molecule has 1 aromatic carbocycles. The van der Waals surface area contributed by atoms with Crippen LogP contribution in [0.4, 0.5) is 10.5 Å². The number of nitrogens with zero attached hydrogens (tertiary/aromatic N) is 4. The van der Waals surface area contributed by atoms with Crippen LogP contribution in [0.15, 0.2) is 30.3 Å². The second-order valence-corrected chi connectivity index (χ2v) is 8.08. The highest BCUT2D eigenvalue weighted by Gasteiger charge is 2.30. The molecule has 0 atom stereocenters. The summed E-state index contributed by atoms with van der Waals surface area (Å²) in [5, 5.41) is 7.65. The average molecular weight is 396 g/mol. The predicted molar refractivity (Wildman–Crippen MR) is 112 cm³/mol. The second-order valence-electron chi connectivity index (χ2n) is 8.08. The highest BCUT2D eigenvalue weighted by atomic mass is 16.2. The van der Waals surface area contributed by atoms with Gasteiger partial charge >= 0.3 is 6.03 Å². The summed E-state index contributed by atoms with van der Waals surface area (Å²) in [5.74, 6) is -0.0570. The molecule has 2 saturated heterocycles. The molecule has 7 heteroatoms. The largest absolute Gasteiger partial charge is 0.325 e. The van der Waals surface area contributed by atoms with E-state index in [2.05, 4.69) is 10.4 Å². The molecular weight excluding hydrogens is 366 g/mol. The Kier molecular flexibility index (Phi) is 5.56. The van der Waals surface area contributed by atoms with Crippen molar-refractivity contribution in [3.8, 4) is 5.69 Å². The Bertz CT molecular complexity index is 892. The number of anilines is 1. The molecule has 1 N–H and O–H groups in total. The van der Waals surface area contributed by atoms with Gasteiger partial charge in [0.25, 0.3) is 0 Å². The Morgan fingerprint density at radius 2 is 1.66 bits per heavy atom. The summed E-state index contributed by atoms with van der Waals surface area (Å²) in [6.45, 7) is 6.98. The van der Waals surface area contributed by atoms with E-state index in [-0.39, 0.29) is 17.9 Å². The van der Waals surface area contributed by atoms with E-state index in [1.807, 2.05) is 58.7 Å². The van der Waals surface area contributed by atoms with Gasteiger partial charge in [0.1, 0.15) is 0 Å². The lowest BCUT2D eigenvalue weighted by Gasteiger charge is -2.34. The standard InChI is InChI=1S/C22H29N5O2/c1-16-15-17(2)27(24-16)20-8-4-3-7-19(20)23-21(28)18-9-13-26(14-10-18)22(29)25-11-5-6-12-25/h3-4,7-8,15,18H,5-6,9-14H2,1-2H3,(H,23,28). The molecule has 2 aliphatic heterocycles. The lowest BCUT2D eigenvalue weighted by molar-refractivity contribution is -0.121. The fraction of sp³-hybridized carbons (Fsp3) is 0.500. The van der Waals surface area contributed by atoms with Crippen molar-refractivity contribution in [2.45, 2.75) is 39.5 Å². The van der Waals surface area contributed by atoms with Crippen molar-refractivity contribution in [1.82, 2.24) is 19.6 Å². The van der Waals surface area contributed by atoms with Crippen LogP contribution in [0.25, 0.3) is 5.69 Å². The van der Waals surface area contributed by atoms with Gasteiger partial charge in [-0.25, -0.2) is 9.48 Å². The topological polar surface area (TPSA) is 70.5 Å². The van der Waals surface area contributed by atoms with Gasteiger partial charge in [0.15, 0.2) is 0 Å². The Morgan fingerprint density at radius 1 is 1.00 bits per heavy atom. The SMILES string of the molecule is Cc1cc(C)n(-c2ccccc2NC(=O)C2CCN(C(=O)N3CCCC3)CC2)n1. The number of hydrogen-bond donors (Lipinski definition) is 1. The number of para-hydroxylation sites is 2. The normalized spacial score (nSPS) is 17.6. The Balaban J connectivity index is 1.40. The smallest absolute Gasteiger partial charge is 0.319 e. The van der Waals surface area contributed by atoms with E-state index < -0.39 is 0 Å². The minimum Gasteiger partial charge on any atom is -0.325 e. The van der Waals surface area contributed by atoms with Crippen molar-refractivity contribution in [3.05, 3.63) is 41.7 Å². The molecule has 3 amide bonds. The van der Waals surface area contributed by atoms with Crippen molar-refractivity contribution in [3.63, 3.8) is 0 Å². The third-order valence-corrected chi connectivity index (χ3v) is 5.91. The van der Waals surface area contributed by atoms with Crippen molar-refractivity contribution in [2.24, 2.45) is 5.92 Å². The zero-order valence-corrected chi connectivity index (χ0v) is 17.2. The van der Waals surface area contributed by atoms with Gasteiger partial charge in [-0.05, 0) is 57.7 Å². The van der Waals surface area contributed by atoms with Gasteiger partial charge in [-0.1, -0.05) is 12.1 Å². The average Bonchev–Trinajstić information content (AvgIpc) is 3.37. The number of aromatic nitrogens is 2. The van der Waals surface area contributed by atoms with Crippen LogP contribution >= 0.6 is 0 Å². The molecule has 2 fully saturated rings. The number of aryl methyl sites for hydroxylation is 2. The van der Waals surface area contributed by atoms with Gasteiger partial charge in [0.2, 0.25) is 5.91 Å². The first kappa shape index (κ1) is 19.5. The maximum absolute atomic E-state index is 12.9. The summed E-state index contributed by atoms with van der Waals surface area (Å²) >= 11 is 0. The molecule has 29 heavy (non-hydrogen) atoms. The minimum atomic E-state index is -0.0776. The van der Waals surface area contributed by atoms with Crippen LogP contribution in [0.2, 0.25) is 0 Å². The first-order valence-electron chi connectivity index (χ1n) is 10.5. The lowest BCUT2D eigenvalue weighted by atomic mass is 9.96. The van der Waals surface area contributed by atoms with Gasteiger partial charge in [-0.2, -0.15) is 5.10 Å². The molecule has 0 radical (unpaired) electrons. The fourth-order valence-corrected chi connectivity index (χ4v) is 4.31. The van der Waals surface area contributed by atoms with Crippen molar-refractivity contribution in [2.75, 3.05) is 31.5 Å². The number of carbonyl (C=O) groups is 2. The number of carbonyl (C=O) groups excluding carboxylic acids is 2. The number of hydrogen-bond acceptors (Lipinski definition) is 3. The van der Waals surface area contributed by atoms with E-state index in [0.29, 0.717) is 25.9 Å².